The van der Waals surface area contributed by atoms with Gasteiger partial charge in [0, 0.05) is 13.1 Å². The van der Waals surface area contributed by atoms with Crippen molar-refractivity contribution < 1.29 is 9.53 Å². The van der Waals surface area contributed by atoms with Crippen molar-refractivity contribution in [1.29, 1.82) is 0 Å². The number of hydrogen-bond acceptors (Lipinski definition) is 2. The Morgan fingerprint density at radius 3 is 2.17 bits per heavy atom. The number of ether oxygens (including phenoxy) is 1. The summed E-state index contributed by atoms with van der Waals surface area (Å²) in [5.74, 6) is 0.398. The Balaban J connectivity index is 3.72. The summed E-state index contributed by atoms with van der Waals surface area (Å²) < 4.78 is 5.01. The maximum Gasteiger partial charge on any atom is 0.409 e. The van der Waals surface area contributed by atoms with Gasteiger partial charge in [-0.25, -0.2) is 4.79 Å². The Morgan fingerprint density at radius 2 is 1.83 bits per heavy atom. The van der Waals surface area contributed by atoms with Crippen molar-refractivity contribution in [2.45, 2.75) is 33.7 Å². The molecule has 0 unspecified atom stereocenters. The van der Waals surface area contributed by atoms with Gasteiger partial charge in [-0.3, -0.25) is 0 Å². The zero-order chi connectivity index (χ0) is 9.72. The lowest BCUT2D eigenvalue weighted by Crippen LogP contribution is -2.34. The molecule has 0 heterocycles. The molecule has 1 amide bonds. The van der Waals surface area contributed by atoms with Crippen LogP contribution in [0.1, 0.15) is 27.7 Å². The summed E-state index contributed by atoms with van der Waals surface area (Å²) >= 11 is 0. The van der Waals surface area contributed by atoms with E-state index in [9.17, 15) is 4.79 Å². The highest BCUT2D eigenvalue weighted by molar-refractivity contribution is 5.67. The lowest BCUT2D eigenvalue weighted by molar-refractivity contribution is 0.0918. The molecule has 3 heteroatoms. The van der Waals surface area contributed by atoms with Crippen LogP contribution in [-0.2, 0) is 4.74 Å². The Kier molecular flexibility index (Phi) is 4.71. The van der Waals surface area contributed by atoms with Crippen molar-refractivity contribution in [3.05, 3.63) is 0 Å². The highest BCUT2D eigenvalue weighted by Gasteiger charge is 2.12. The van der Waals surface area contributed by atoms with Gasteiger partial charge >= 0.3 is 6.09 Å². The highest BCUT2D eigenvalue weighted by atomic mass is 16.6. The fourth-order valence-corrected chi connectivity index (χ4v) is 0.551. The molecule has 3 nitrogen and oxygen atoms in total. The monoisotopic (exact) mass is 173 g/mol. The molecule has 0 aromatic heterocycles. The summed E-state index contributed by atoms with van der Waals surface area (Å²) in [4.78, 5) is 12.8. The molecule has 0 aromatic rings. The normalized spacial score (nSPS) is 10.6. The van der Waals surface area contributed by atoms with Gasteiger partial charge in [0.15, 0.2) is 0 Å². The van der Waals surface area contributed by atoms with Crippen molar-refractivity contribution in [2.75, 3.05) is 13.7 Å². The molecule has 0 N–H and O–H groups in total. The average molecular weight is 173 g/mol. The first-order valence-electron chi connectivity index (χ1n) is 4.34. The van der Waals surface area contributed by atoms with E-state index in [4.69, 9.17) is 4.74 Å². The van der Waals surface area contributed by atoms with Crippen molar-refractivity contribution in [2.24, 2.45) is 5.92 Å². The fraction of sp³-hybridized carbons (Fsp3) is 0.889. The minimum absolute atomic E-state index is 0.199. The van der Waals surface area contributed by atoms with Crippen molar-refractivity contribution >= 4 is 6.09 Å². The number of carbonyl (C=O) groups excluding carboxylic acids is 1. The van der Waals surface area contributed by atoms with Gasteiger partial charge in [0.25, 0.3) is 0 Å². The van der Waals surface area contributed by atoms with Gasteiger partial charge in [0.05, 0.1) is 6.61 Å². The second-order valence-electron chi connectivity index (χ2n) is 3.68. The Morgan fingerprint density at radius 1 is 1.33 bits per heavy atom. The lowest BCUT2D eigenvalue weighted by atomic mass is 10.2. The maximum absolute atomic E-state index is 11.2. The number of nitrogens with zero attached hydrogens (tertiary/aromatic N) is 1. The third kappa shape index (κ3) is 4.21. The summed E-state index contributed by atoms with van der Waals surface area (Å²) in [6.45, 7) is 8.44. The summed E-state index contributed by atoms with van der Waals surface area (Å²) in [6, 6.07) is 0.199. The highest BCUT2D eigenvalue weighted by Crippen LogP contribution is 2.00. The zero-order valence-corrected chi connectivity index (χ0v) is 8.63. The molecule has 0 aliphatic rings. The number of carbonyl (C=O) groups is 1. The van der Waals surface area contributed by atoms with Gasteiger partial charge in [-0.1, -0.05) is 13.8 Å². The third-order valence-corrected chi connectivity index (χ3v) is 1.60. The van der Waals surface area contributed by atoms with Crippen LogP contribution in [-0.4, -0.2) is 30.7 Å². The topological polar surface area (TPSA) is 29.5 Å². The van der Waals surface area contributed by atoms with Crippen molar-refractivity contribution in [3.8, 4) is 0 Å². The van der Waals surface area contributed by atoms with Crippen LogP contribution in [0, 0.1) is 5.92 Å². The van der Waals surface area contributed by atoms with Crippen LogP contribution < -0.4 is 0 Å². The lowest BCUT2D eigenvalue weighted by Gasteiger charge is -2.21. The largest absolute Gasteiger partial charge is 0.449 e. The second-order valence-corrected chi connectivity index (χ2v) is 3.68. The van der Waals surface area contributed by atoms with E-state index in [1.807, 2.05) is 27.7 Å². The molecule has 0 aliphatic carbocycles. The molecule has 0 spiro atoms. The molecule has 0 radical (unpaired) electrons. The molecule has 0 aliphatic heterocycles. The molecule has 72 valence electrons. The van der Waals surface area contributed by atoms with Crippen LogP contribution >= 0.6 is 0 Å². The number of amides is 1. The summed E-state index contributed by atoms with van der Waals surface area (Å²) in [5.41, 5.74) is 0. The Hall–Kier alpha value is -0.730. The molecule has 0 bridgehead atoms. The summed E-state index contributed by atoms with van der Waals surface area (Å²) in [5, 5.41) is 0. The molecule has 0 saturated heterocycles. The van der Waals surface area contributed by atoms with Crippen LogP contribution in [0.15, 0.2) is 0 Å². The zero-order valence-electron chi connectivity index (χ0n) is 8.63. The molecule has 12 heavy (non-hydrogen) atoms. The number of rotatable bonds is 3. The molecular weight excluding hydrogens is 154 g/mol. The molecule has 0 atom stereocenters. The third-order valence-electron chi connectivity index (χ3n) is 1.60. The SMILES string of the molecule is CC(C)COC(=O)N(C)C(C)C. The van der Waals surface area contributed by atoms with Crippen molar-refractivity contribution in [1.82, 2.24) is 4.90 Å². The minimum Gasteiger partial charge on any atom is -0.449 e. The van der Waals surface area contributed by atoms with Gasteiger partial charge in [-0.15, -0.1) is 0 Å². The quantitative estimate of drug-likeness (QED) is 0.654. The van der Waals surface area contributed by atoms with E-state index >= 15 is 0 Å². The minimum atomic E-state index is -0.237. The summed E-state index contributed by atoms with van der Waals surface area (Å²) in [7, 11) is 1.74. The van der Waals surface area contributed by atoms with E-state index in [1.165, 1.54) is 0 Å². The van der Waals surface area contributed by atoms with Crippen LogP contribution in [0.4, 0.5) is 4.79 Å². The van der Waals surface area contributed by atoms with Gasteiger partial charge in [0.2, 0.25) is 0 Å². The van der Waals surface area contributed by atoms with E-state index in [2.05, 4.69) is 0 Å². The first-order valence-corrected chi connectivity index (χ1v) is 4.34. The van der Waals surface area contributed by atoms with E-state index < -0.39 is 0 Å². The van der Waals surface area contributed by atoms with Gasteiger partial charge < -0.3 is 9.64 Å². The van der Waals surface area contributed by atoms with Crippen molar-refractivity contribution in [3.63, 3.8) is 0 Å². The summed E-state index contributed by atoms with van der Waals surface area (Å²) in [6.07, 6.45) is -0.237. The smallest absolute Gasteiger partial charge is 0.409 e. The first kappa shape index (κ1) is 11.3. The standard InChI is InChI=1S/C9H19NO2/c1-7(2)6-12-9(11)10(5)8(3)4/h7-8H,6H2,1-5H3. The number of hydrogen-bond donors (Lipinski definition) is 0. The second kappa shape index (κ2) is 5.01. The van der Waals surface area contributed by atoms with E-state index in [0.29, 0.717) is 12.5 Å². The van der Waals surface area contributed by atoms with Crippen LogP contribution in [0.3, 0.4) is 0 Å². The average Bonchev–Trinajstić information content (AvgIpc) is 1.98. The van der Waals surface area contributed by atoms with Gasteiger partial charge in [-0.05, 0) is 19.8 Å². The van der Waals surface area contributed by atoms with Gasteiger partial charge in [0.1, 0.15) is 0 Å². The van der Waals surface area contributed by atoms with Gasteiger partial charge in [-0.2, -0.15) is 0 Å². The maximum atomic E-state index is 11.2. The molecule has 0 aromatic carbocycles. The molecule has 0 rings (SSSR count). The van der Waals surface area contributed by atoms with E-state index in [-0.39, 0.29) is 12.1 Å². The molecule has 0 saturated carbocycles. The predicted octanol–water partition coefficient (Wildman–Crippen LogP) is 2.12. The Labute approximate surface area is 74.7 Å². The first-order chi connectivity index (χ1) is 5.45. The van der Waals surface area contributed by atoms with Crippen LogP contribution in [0.5, 0.6) is 0 Å². The van der Waals surface area contributed by atoms with E-state index in [0.717, 1.165) is 0 Å². The Bertz CT molecular complexity index is 143. The molecule has 0 fully saturated rings. The fourth-order valence-electron chi connectivity index (χ4n) is 0.551. The van der Waals surface area contributed by atoms with Crippen LogP contribution in [0.25, 0.3) is 0 Å². The molecular formula is C9H19NO2. The van der Waals surface area contributed by atoms with E-state index in [1.54, 1.807) is 11.9 Å². The van der Waals surface area contributed by atoms with Crippen LogP contribution in [0.2, 0.25) is 0 Å². The predicted molar refractivity (Wildman–Crippen MR) is 49.1 cm³/mol.